The van der Waals surface area contributed by atoms with Gasteiger partial charge in [-0.2, -0.15) is 0 Å². The first-order chi connectivity index (χ1) is 7.06. The Labute approximate surface area is 93.8 Å². The summed E-state index contributed by atoms with van der Waals surface area (Å²) in [5.74, 6) is 0. The van der Waals surface area contributed by atoms with Gasteiger partial charge in [0.05, 0.1) is 5.60 Å². The van der Waals surface area contributed by atoms with Crippen LogP contribution in [0.2, 0.25) is 0 Å². The molecule has 92 valence electrons. The van der Waals surface area contributed by atoms with Gasteiger partial charge < -0.3 is 14.6 Å². The molecule has 0 radical (unpaired) electrons. The summed E-state index contributed by atoms with van der Waals surface area (Å²) in [5, 5.41) is 8.54. The summed E-state index contributed by atoms with van der Waals surface area (Å²) in [6, 6.07) is 0. The molecule has 0 bridgehead atoms. The average Bonchev–Trinajstić information content (AvgIpc) is 2.14. The molecule has 0 spiro atoms. The highest BCUT2D eigenvalue weighted by Crippen LogP contribution is 2.07. The van der Waals surface area contributed by atoms with Gasteiger partial charge in [-0.1, -0.05) is 0 Å². The third-order valence-corrected chi connectivity index (χ3v) is 1.91. The normalized spacial score (nSPS) is 12.0. The second-order valence-corrected chi connectivity index (χ2v) is 4.71. The van der Waals surface area contributed by atoms with Gasteiger partial charge in [-0.25, -0.2) is 0 Å². The molecular formula is C12H26O3. The molecule has 0 saturated carbocycles. The molecular weight excluding hydrogens is 192 g/mol. The molecule has 0 aromatic carbocycles. The van der Waals surface area contributed by atoms with E-state index in [1.54, 1.807) is 0 Å². The zero-order valence-corrected chi connectivity index (χ0v) is 10.4. The van der Waals surface area contributed by atoms with Gasteiger partial charge in [-0.15, -0.1) is 0 Å². The molecule has 3 nitrogen and oxygen atoms in total. The van der Waals surface area contributed by atoms with Crippen molar-refractivity contribution in [1.82, 2.24) is 0 Å². The van der Waals surface area contributed by atoms with Crippen molar-refractivity contribution in [1.29, 1.82) is 0 Å². The van der Waals surface area contributed by atoms with Crippen molar-refractivity contribution in [2.24, 2.45) is 0 Å². The lowest BCUT2D eigenvalue weighted by atomic mass is 10.2. The van der Waals surface area contributed by atoms with Gasteiger partial charge in [0.15, 0.2) is 0 Å². The molecule has 0 unspecified atom stereocenters. The van der Waals surface area contributed by atoms with Crippen LogP contribution in [-0.2, 0) is 9.47 Å². The van der Waals surface area contributed by atoms with Crippen LogP contribution in [0.1, 0.15) is 46.5 Å². The van der Waals surface area contributed by atoms with Crippen LogP contribution in [0.3, 0.4) is 0 Å². The van der Waals surface area contributed by atoms with Gasteiger partial charge in [-0.3, -0.25) is 0 Å². The molecule has 0 fully saturated rings. The quantitative estimate of drug-likeness (QED) is 0.604. The number of rotatable bonds is 9. The molecule has 0 aromatic heterocycles. The van der Waals surface area contributed by atoms with E-state index in [0.29, 0.717) is 0 Å². The van der Waals surface area contributed by atoms with Crippen molar-refractivity contribution in [3.05, 3.63) is 0 Å². The van der Waals surface area contributed by atoms with E-state index in [9.17, 15) is 0 Å². The van der Waals surface area contributed by atoms with Gasteiger partial charge in [0.2, 0.25) is 0 Å². The Kier molecular flexibility index (Phi) is 9.06. The molecule has 0 heterocycles. The zero-order valence-electron chi connectivity index (χ0n) is 10.4. The Bertz CT molecular complexity index is 129. The number of hydrogen-bond acceptors (Lipinski definition) is 3. The average molecular weight is 218 g/mol. The third kappa shape index (κ3) is 13.9. The van der Waals surface area contributed by atoms with E-state index >= 15 is 0 Å². The van der Waals surface area contributed by atoms with Crippen LogP contribution < -0.4 is 0 Å². The fraction of sp³-hybridized carbons (Fsp3) is 1.00. The van der Waals surface area contributed by atoms with Crippen LogP contribution >= 0.6 is 0 Å². The Hall–Kier alpha value is -0.120. The number of hydrogen-bond donors (Lipinski definition) is 1. The van der Waals surface area contributed by atoms with Crippen LogP contribution in [-0.4, -0.2) is 37.1 Å². The molecule has 0 aliphatic carbocycles. The topological polar surface area (TPSA) is 38.7 Å². The summed E-state index contributed by atoms with van der Waals surface area (Å²) in [5.41, 5.74) is -0.0258. The van der Waals surface area contributed by atoms with E-state index in [1.807, 2.05) is 0 Å². The van der Waals surface area contributed by atoms with Crippen molar-refractivity contribution in [2.45, 2.75) is 52.1 Å². The third-order valence-electron chi connectivity index (χ3n) is 1.91. The second kappa shape index (κ2) is 9.13. The Morgan fingerprint density at radius 2 is 1.40 bits per heavy atom. The molecule has 0 rings (SSSR count). The molecule has 0 amide bonds. The summed E-state index contributed by atoms with van der Waals surface area (Å²) >= 11 is 0. The molecule has 0 aliphatic rings. The van der Waals surface area contributed by atoms with Crippen LogP contribution in [0, 0.1) is 0 Å². The highest BCUT2D eigenvalue weighted by atomic mass is 16.5. The van der Waals surface area contributed by atoms with E-state index in [2.05, 4.69) is 20.8 Å². The molecule has 1 N–H and O–H groups in total. The van der Waals surface area contributed by atoms with E-state index in [1.165, 1.54) is 0 Å². The maximum atomic E-state index is 8.54. The summed E-state index contributed by atoms with van der Waals surface area (Å²) in [6.45, 7) is 8.85. The lowest BCUT2D eigenvalue weighted by molar-refractivity contribution is -0.00735. The fourth-order valence-corrected chi connectivity index (χ4v) is 1.10. The first-order valence-corrected chi connectivity index (χ1v) is 5.89. The van der Waals surface area contributed by atoms with E-state index in [-0.39, 0.29) is 12.2 Å². The van der Waals surface area contributed by atoms with Crippen molar-refractivity contribution < 1.29 is 14.6 Å². The molecule has 15 heavy (non-hydrogen) atoms. The van der Waals surface area contributed by atoms with E-state index in [4.69, 9.17) is 14.6 Å². The standard InChI is InChI=1S/C12H26O3/c1-12(2,3)15-11-7-6-10-14-9-5-4-8-13/h13H,4-11H2,1-3H3. The first kappa shape index (κ1) is 14.9. The van der Waals surface area contributed by atoms with E-state index < -0.39 is 0 Å². The van der Waals surface area contributed by atoms with Gasteiger partial charge >= 0.3 is 0 Å². The lowest BCUT2D eigenvalue weighted by Crippen LogP contribution is -2.19. The largest absolute Gasteiger partial charge is 0.396 e. The minimum atomic E-state index is -0.0258. The van der Waals surface area contributed by atoms with Crippen LogP contribution in [0.25, 0.3) is 0 Å². The maximum absolute atomic E-state index is 8.54. The summed E-state index contributed by atoms with van der Waals surface area (Å²) in [7, 11) is 0. The summed E-state index contributed by atoms with van der Waals surface area (Å²) in [4.78, 5) is 0. The highest BCUT2D eigenvalue weighted by molar-refractivity contribution is 4.58. The predicted octanol–water partition coefficient (Wildman–Crippen LogP) is 2.37. The maximum Gasteiger partial charge on any atom is 0.0598 e. The Balaban J connectivity index is 2.99. The minimum absolute atomic E-state index is 0.0258. The number of aliphatic hydroxyl groups excluding tert-OH is 1. The first-order valence-electron chi connectivity index (χ1n) is 5.89. The minimum Gasteiger partial charge on any atom is -0.396 e. The van der Waals surface area contributed by atoms with Gasteiger partial charge in [0, 0.05) is 26.4 Å². The van der Waals surface area contributed by atoms with Gasteiger partial charge in [0.25, 0.3) is 0 Å². The van der Waals surface area contributed by atoms with Crippen LogP contribution in [0.15, 0.2) is 0 Å². The van der Waals surface area contributed by atoms with Crippen molar-refractivity contribution >= 4 is 0 Å². The van der Waals surface area contributed by atoms with Crippen molar-refractivity contribution in [3.8, 4) is 0 Å². The highest BCUT2D eigenvalue weighted by Gasteiger charge is 2.08. The second-order valence-electron chi connectivity index (χ2n) is 4.71. The van der Waals surface area contributed by atoms with Crippen LogP contribution in [0.4, 0.5) is 0 Å². The summed E-state index contributed by atoms with van der Waals surface area (Å²) < 4.78 is 11.0. The number of aliphatic hydroxyl groups is 1. The molecule has 0 atom stereocenters. The lowest BCUT2D eigenvalue weighted by Gasteiger charge is -2.19. The Morgan fingerprint density at radius 1 is 0.867 bits per heavy atom. The van der Waals surface area contributed by atoms with Crippen molar-refractivity contribution in [3.63, 3.8) is 0 Å². The smallest absolute Gasteiger partial charge is 0.0598 e. The molecule has 0 aliphatic heterocycles. The number of unbranched alkanes of at least 4 members (excludes halogenated alkanes) is 2. The number of ether oxygens (including phenoxy) is 2. The Morgan fingerprint density at radius 3 is 1.93 bits per heavy atom. The fourth-order valence-electron chi connectivity index (χ4n) is 1.10. The van der Waals surface area contributed by atoms with Crippen LogP contribution in [0.5, 0.6) is 0 Å². The van der Waals surface area contributed by atoms with Gasteiger partial charge in [-0.05, 0) is 46.5 Å². The monoisotopic (exact) mass is 218 g/mol. The molecule has 0 aromatic rings. The van der Waals surface area contributed by atoms with Gasteiger partial charge in [0.1, 0.15) is 0 Å². The van der Waals surface area contributed by atoms with E-state index in [0.717, 1.165) is 45.5 Å². The van der Waals surface area contributed by atoms with Crippen molar-refractivity contribution in [2.75, 3.05) is 26.4 Å². The molecule has 0 saturated heterocycles. The summed E-state index contributed by atoms with van der Waals surface area (Å²) in [6.07, 6.45) is 3.90. The molecule has 3 heteroatoms. The SMILES string of the molecule is CC(C)(C)OCCCCOCCCCO. The zero-order chi connectivity index (χ0) is 11.6. The predicted molar refractivity (Wildman–Crippen MR) is 62.1 cm³/mol.